The summed E-state index contributed by atoms with van der Waals surface area (Å²) < 4.78 is 18.0. The Kier molecular flexibility index (Phi) is 4.95. The minimum Gasteiger partial charge on any atom is -0.339 e. The molecule has 31 heavy (non-hydrogen) atoms. The predicted octanol–water partition coefficient (Wildman–Crippen LogP) is 2.87. The van der Waals surface area contributed by atoms with E-state index in [1.807, 2.05) is 4.57 Å². The number of benzene rings is 1. The molecule has 0 saturated heterocycles. The number of aromatic nitrogens is 4. The van der Waals surface area contributed by atoms with Gasteiger partial charge in [0.25, 0.3) is 5.56 Å². The number of anilines is 1. The van der Waals surface area contributed by atoms with Crippen LogP contribution in [-0.2, 0) is 20.1 Å². The molecule has 1 aromatic carbocycles. The van der Waals surface area contributed by atoms with Crippen molar-refractivity contribution in [2.45, 2.75) is 58.2 Å². The average molecular weight is 426 g/mol. The molecule has 1 aliphatic carbocycles. The Hall–Kier alpha value is -2.90. The summed E-state index contributed by atoms with van der Waals surface area (Å²) in [6.07, 6.45) is 6.00. The van der Waals surface area contributed by atoms with Crippen LogP contribution < -0.4 is 16.1 Å². The molecule has 3 aromatic rings. The molecule has 0 bridgehead atoms. The van der Waals surface area contributed by atoms with Crippen LogP contribution in [0.5, 0.6) is 0 Å². The van der Waals surface area contributed by atoms with Crippen LogP contribution in [0.3, 0.4) is 0 Å². The highest BCUT2D eigenvalue weighted by molar-refractivity contribution is 5.75. The standard InChI is InChI=1S/C23H28FN5O2/c1-15-12-27(18-6-4-3-5-7-18)22-25-20-19(28(22)13-15)21(30)29(23(31)26(20)2)14-16-8-10-17(24)11-9-16/h8-11,15,18H,3-7,12-14H2,1-2H3. The number of nitrogens with zero attached hydrogens (tertiary/aromatic N) is 5. The third-order valence-electron chi connectivity index (χ3n) is 6.74. The summed E-state index contributed by atoms with van der Waals surface area (Å²) in [5.41, 5.74) is 0.880. The summed E-state index contributed by atoms with van der Waals surface area (Å²) in [5, 5.41) is 0. The molecule has 2 aliphatic rings. The molecule has 7 nitrogen and oxygen atoms in total. The Morgan fingerprint density at radius 1 is 1.06 bits per heavy atom. The normalized spacial score (nSPS) is 19.7. The van der Waals surface area contributed by atoms with Crippen molar-refractivity contribution >= 4 is 17.1 Å². The molecule has 5 rings (SSSR count). The Bertz CT molecular complexity index is 1230. The fourth-order valence-corrected chi connectivity index (χ4v) is 5.16. The highest BCUT2D eigenvalue weighted by Crippen LogP contribution is 2.33. The van der Waals surface area contributed by atoms with Crippen molar-refractivity contribution < 1.29 is 4.39 Å². The van der Waals surface area contributed by atoms with Crippen LogP contribution in [0.2, 0.25) is 0 Å². The summed E-state index contributed by atoms with van der Waals surface area (Å²) in [6, 6.07) is 6.32. The van der Waals surface area contributed by atoms with E-state index in [1.165, 1.54) is 40.5 Å². The predicted molar refractivity (Wildman–Crippen MR) is 118 cm³/mol. The van der Waals surface area contributed by atoms with Gasteiger partial charge in [0.1, 0.15) is 5.82 Å². The van der Waals surface area contributed by atoms with Crippen molar-refractivity contribution in [1.29, 1.82) is 0 Å². The van der Waals surface area contributed by atoms with Crippen LogP contribution in [0, 0.1) is 11.7 Å². The molecular formula is C23H28FN5O2. The minimum absolute atomic E-state index is 0.101. The third-order valence-corrected chi connectivity index (χ3v) is 6.74. The lowest BCUT2D eigenvalue weighted by atomic mass is 9.93. The number of hydrogen-bond donors (Lipinski definition) is 0. The maximum absolute atomic E-state index is 13.5. The van der Waals surface area contributed by atoms with E-state index in [0.717, 1.165) is 25.3 Å². The van der Waals surface area contributed by atoms with E-state index < -0.39 is 5.69 Å². The molecule has 164 valence electrons. The summed E-state index contributed by atoms with van der Waals surface area (Å²) in [5.74, 6) is 0.849. The quantitative estimate of drug-likeness (QED) is 0.647. The van der Waals surface area contributed by atoms with Crippen LogP contribution in [0.1, 0.15) is 44.6 Å². The van der Waals surface area contributed by atoms with Crippen molar-refractivity contribution in [1.82, 2.24) is 18.7 Å². The molecule has 1 fully saturated rings. The first-order chi connectivity index (χ1) is 14.9. The van der Waals surface area contributed by atoms with Crippen molar-refractivity contribution in [3.63, 3.8) is 0 Å². The summed E-state index contributed by atoms with van der Waals surface area (Å²) >= 11 is 0. The Labute approximate surface area is 179 Å². The highest BCUT2D eigenvalue weighted by atomic mass is 19.1. The van der Waals surface area contributed by atoms with E-state index in [2.05, 4.69) is 11.8 Å². The van der Waals surface area contributed by atoms with E-state index in [9.17, 15) is 14.0 Å². The van der Waals surface area contributed by atoms with Gasteiger partial charge in [-0.1, -0.05) is 38.3 Å². The molecule has 1 atom stereocenters. The van der Waals surface area contributed by atoms with Gasteiger partial charge in [0.15, 0.2) is 11.2 Å². The van der Waals surface area contributed by atoms with Crippen LogP contribution in [0.15, 0.2) is 33.9 Å². The van der Waals surface area contributed by atoms with Gasteiger partial charge in [-0.15, -0.1) is 0 Å². The number of hydrogen-bond acceptors (Lipinski definition) is 4. The molecule has 0 radical (unpaired) electrons. The molecule has 1 saturated carbocycles. The van der Waals surface area contributed by atoms with Crippen LogP contribution in [0.25, 0.3) is 11.2 Å². The van der Waals surface area contributed by atoms with Gasteiger partial charge in [0.05, 0.1) is 6.54 Å². The summed E-state index contributed by atoms with van der Waals surface area (Å²) in [7, 11) is 1.67. The third kappa shape index (κ3) is 3.38. The molecule has 1 unspecified atom stereocenters. The molecule has 0 amide bonds. The number of rotatable bonds is 3. The second-order valence-corrected chi connectivity index (χ2v) is 9.10. The van der Waals surface area contributed by atoms with Crippen molar-refractivity contribution in [3.05, 3.63) is 56.5 Å². The van der Waals surface area contributed by atoms with Gasteiger partial charge >= 0.3 is 5.69 Å². The molecule has 0 spiro atoms. The summed E-state index contributed by atoms with van der Waals surface area (Å²) in [6.45, 7) is 3.93. The van der Waals surface area contributed by atoms with Crippen molar-refractivity contribution in [2.75, 3.05) is 11.4 Å². The van der Waals surface area contributed by atoms with E-state index in [1.54, 1.807) is 19.2 Å². The lowest BCUT2D eigenvalue weighted by Gasteiger charge is -2.40. The first-order valence-corrected chi connectivity index (χ1v) is 11.1. The molecule has 0 N–H and O–H groups in total. The lowest BCUT2D eigenvalue weighted by molar-refractivity contribution is 0.354. The van der Waals surface area contributed by atoms with Gasteiger partial charge in [-0.05, 0) is 36.5 Å². The lowest BCUT2D eigenvalue weighted by Crippen LogP contribution is -2.45. The molecule has 1 aliphatic heterocycles. The summed E-state index contributed by atoms with van der Waals surface area (Å²) in [4.78, 5) is 33.7. The van der Waals surface area contributed by atoms with E-state index in [0.29, 0.717) is 35.2 Å². The fourth-order valence-electron chi connectivity index (χ4n) is 5.16. The Morgan fingerprint density at radius 2 is 1.77 bits per heavy atom. The number of imidazole rings is 1. The zero-order chi connectivity index (χ0) is 21.7. The highest BCUT2D eigenvalue weighted by Gasteiger charge is 2.33. The largest absolute Gasteiger partial charge is 0.339 e. The van der Waals surface area contributed by atoms with E-state index in [4.69, 9.17) is 4.98 Å². The van der Waals surface area contributed by atoms with Crippen molar-refractivity contribution in [2.24, 2.45) is 13.0 Å². The second-order valence-electron chi connectivity index (χ2n) is 9.10. The first-order valence-electron chi connectivity index (χ1n) is 11.1. The molecular weight excluding hydrogens is 397 g/mol. The number of fused-ring (bicyclic) bond motifs is 3. The second kappa shape index (κ2) is 7.66. The maximum atomic E-state index is 13.5. The Morgan fingerprint density at radius 3 is 2.48 bits per heavy atom. The van der Waals surface area contributed by atoms with Crippen molar-refractivity contribution in [3.8, 4) is 0 Å². The Balaban J connectivity index is 1.66. The van der Waals surface area contributed by atoms with E-state index in [-0.39, 0.29) is 17.9 Å². The van der Waals surface area contributed by atoms with E-state index >= 15 is 0 Å². The zero-order valence-corrected chi connectivity index (χ0v) is 18.1. The SMILES string of the molecule is CC1CN(C2CCCCC2)c2nc3c(c(=O)n(Cc4ccc(F)cc4)c(=O)n3C)n2C1. The van der Waals surface area contributed by atoms with Crippen LogP contribution >= 0.6 is 0 Å². The molecule has 3 heterocycles. The fraction of sp³-hybridized carbons (Fsp3) is 0.522. The van der Waals surface area contributed by atoms with Gasteiger partial charge in [0, 0.05) is 26.2 Å². The maximum Gasteiger partial charge on any atom is 0.332 e. The zero-order valence-electron chi connectivity index (χ0n) is 18.1. The monoisotopic (exact) mass is 425 g/mol. The number of aryl methyl sites for hydroxylation is 1. The van der Waals surface area contributed by atoms with Gasteiger partial charge in [0.2, 0.25) is 5.95 Å². The molecule has 8 heteroatoms. The van der Waals surface area contributed by atoms with Gasteiger partial charge in [-0.3, -0.25) is 13.9 Å². The molecule has 2 aromatic heterocycles. The average Bonchev–Trinajstić information content (AvgIpc) is 3.16. The smallest absolute Gasteiger partial charge is 0.332 e. The van der Waals surface area contributed by atoms with Crippen LogP contribution in [-0.4, -0.2) is 31.3 Å². The van der Waals surface area contributed by atoms with Gasteiger partial charge < -0.3 is 9.47 Å². The number of halogens is 1. The first kappa shape index (κ1) is 20.0. The van der Waals surface area contributed by atoms with Gasteiger partial charge in [-0.25, -0.2) is 9.18 Å². The van der Waals surface area contributed by atoms with Gasteiger partial charge in [-0.2, -0.15) is 4.98 Å². The van der Waals surface area contributed by atoms with Crippen LogP contribution in [0.4, 0.5) is 10.3 Å². The minimum atomic E-state index is -0.408. The topological polar surface area (TPSA) is 65.1 Å².